The lowest BCUT2D eigenvalue weighted by Crippen LogP contribution is -2.45. The molecule has 33 heavy (non-hydrogen) atoms. The van der Waals surface area contributed by atoms with Gasteiger partial charge in [-0.05, 0) is 69.3 Å². The quantitative estimate of drug-likeness (QED) is 0.618. The van der Waals surface area contributed by atoms with Crippen molar-refractivity contribution in [2.75, 3.05) is 39.9 Å². The average Bonchev–Trinajstić information content (AvgIpc) is 2.80. The van der Waals surface area contributed by atoms with Crippen molar-refractivity contribution in [2.24, 2.45) is 11.8 Å². The van der Waals surface area contributed by atoms with Crippen LogP contribution >= 0.6 is 0 Å². The highest BCUT2D eigenvalue weighted by atomic mass is 16.5. The van der Waals surface area contributed by atoms with Gasteiger partial charge < -0.3 is 24.6 Å². The van der Waals surface area contributed by atoms with Crippen LogP contribution in [0.5, 0.6) is 11.5 Å². The first kappa shape index (κ1) is 26.4. The molecule has 0 aromatic heterocycles. The van der Waals surface area contributed by atoms with Gasteiger partial charge in [0, 0.05) is 25.6 Å². The fourth-order valence-corrected chi connectivity index (χ4v) is 4.33. The first-order valence-electron chi connectivity index (χ1n) is 11.5. The van der Waals surface area contributed by atoms with Crippen LogP contribution in [0.4, 0.5) is 0 Å². The number of carbonyl (C=O) groups is 3. The highest BCUT2D eigenvalue weighted by Crippen LogP contribution is 2.29. The van der Waals surface area contributed by atoms with E-state index in [0.29, 0.717) is 18.4 Å². The second kappa shape index (κ2) is 13.0. The van der Waals surface area contributed by atoms with Crippen molar-refractivity contribution in [1.82, 2.24) is 9.80 Å². The van der Waals surface area contributed by atoms with E-state index in [-0.39, 0.29) is 5.92 Å². The predicted octanol–water partition coefficient (Wildman–Crippen LogP) is 2.72. The molecule has 3 rings (SSSR count). The van der Waals surface area contributed by atoms with Gasteiger partial charge in [0.2, 0.25) is 5.91 Å². The molecular weight excluding hydrogens is 428 g/mol. The van der Waals surface area contributed by atoms with Crippen LogP contribution in [0, 0.1) is 11.8 Å². The Morgan fingerprint density at radius 3 is 2.24 bits per heavy atom. The van der Waals surface area contributed by atoms with Crippen LogP contribution in [-0.4, -0.2) is 77.8 Å². The fourth-order valence-electron chi connectivity index (χ4n) is 4.33. The number of carbonyl (C=O) groups excluding carboxylic acids is 1. The summed E-state index contributed by atoms with van der Waals surface area (Å²) in [6.07, 6.45) is 4.36. The van der Waals surface area contributed by atoms with Gasteiger partial charge in [0.25, 0.3) is 0 Å². The third-order valence-corrected chi connectivity index (χ3v) is 6.02. The zero-order valence-corrected chi connectivity index (χ0v) is 19.8. The van der Waals surface area contributed by atoms with Gasteiger partial charge in [0.05, 0.1) is 13.7 Å². The van der Waals surface area contributed by atoms with Crippen LogP contribution < -0.4 is 9.47 Å². The van der Waals surface area contributed by atoms with Crippen LogP contribution in [-0.2, 0) is 20.9 Å². The van der Waals surface area contributed by atoms with E-state index in [9.17, 15) is 4.79 Å². The number of ether oxygens (including phenoxy) is 2. The minimum absolute atomic E-state index is 0.210. The number of hydrogen-bond acceptors (Lipinski definition) is 6. The van der Waals surface area contributed by atoms with Gasteiger partial charge in [-0.25, -0.2) is 9.59 Å². The topological polar surface area (TPSA) is 117 Å². The van der Waals surface area contributed by atoms with Crippen LogP contribution in [0.1, 0.15) is 45.1 Å². The lowest BCUT2D eigenvalue weighted by Gasteiger charge is -2.37. The average molecular weight is 465 g/mol. The van der Waals surface area contributed by atoms with E-state index in [1.165, 1.54) is 12.0 Å². The fraction of sp³-hybridized carbons (Fsp3) is 0.625. The zero-order valence-electron chi connectivity index (χ0n) is 19.8. The standard InChI is InChI=1S/C22H34N2O3.C2H2O4/c1-4-27-20-8-7-18(14-21(20)26-3)16-23-12-9-19(10-13-23)22(25)24-11-5-6-17(2)15-24;3-1(4)2(5)6/h7-8,14,17,19H,4-6,9-13,15-16H2,1-3H3;(H,3,4)(H,5,6). The first-order chi connectivity index (χ1) is 15.7. The van der Waals surface area contributed by atoms with Crippen molar-refractivity contribution >= 4 is 17.8 Å². The molecule has 0 radical (unpaired) electrons. The maximum atomic E-state index is 12.8. The van der Waals surface area contributed by atoms with E-state index in [0.717, 1.165) is 63.5 Å². The number of likely N-dealkylation sites (tertiary alicyclic amines) is 2. The molecule has 2 saturated heterocycles. The number of carboxylic acids is 2. The molecule has 1 aromatic carbocycles. The minimum Gasteiger partial charge on any atom is -0.493 e. The Kier molecular flexibility index (Phi) is 10.4. The largest absolute Gasteiger partial charge is 0.493 e. The highest BCUT2D eigenvalue weighted by Gasteiger charge is 2.30. The highest BCUT2D eigenvalue weighted by molar-refractivity contribution is 6.27. The summed E-state index contributed by atoms with van der Waals surface area (Å²) < 4.78 is 11.1. The third kappa shape index (κ3) is 8.24. The predicted molar refractivity (Wildman–Crippen MR) is 122 cm³/mol. The van der Waals surface area contributed by atoms with Crippen molar-refractivity contribution in [3.63, 3.8) is 0 Å². The molecule has 2 fully saturated rings. The summed E-state index contributed by atoms with van der Waals surface area (Å²) in [5.41, 5.74) is 1.23. The van der Waals surface area contributed by atoms with Gasteiger partial charge in [-0.3, -0.25) is 9.69 Å². The maximum absolute atomic E-state index is 12.8. The number of nitrogens with zero attached hydrogens (tertiary/aromatic N) is 2. The Morgan fingerprint density at radius 2 is 1.70 bits per heavy atom. The lowest BCUT2D eigenvalue weighted by molar-refractivity contribution is -0.159. The summed E-state index contributed by atoms with van der Waals surface area (Å²) in [4.78, 5) is 35.6. The second-order valence-corrected chi connectivity index (χ2v) is 8.61. The minimum atomic E-state index is -1.82. The first-order valence-corrected chi connectivity index (χ1v) is 11.5. The number of hydrogen-bond donors (Lipinski definition) is 2. The van der Waals surface area contributed by atoms with Crippen LogP contribution in [0.15, 0.2) is 18.2 Å². The van der Waals surface area contributed by atoms with E-state index < -0.39 is 11.9 Å². The van der Waals surface area contributed by atoms with Gasteiger partial charge in [-0.15, -0.1) is 0 Å². The molecule has 1 aromatic rings. The third-order valence-electron chi connectivity index (χ3n) is 6.02. The van der Waals surface area contributed by atoms with E-state index >= 15 is 0 Å². The summed E-state index contributed by atoms with van der Waals surface area (Å²) in [5, 5.41) is 14.8. The van der Waals surface area contributed by atoms with E-state index in [1.807, 2.05) is 13.0 Å². The SMILES string of the molecule is CCOc1ccc(CN2CCC(C(=O)N3CCCC(C)C3)CC2)cc1OC.O=C(O)C(=O)O. The Hall–Kier alpha value is -2.81. The van der Waals surface area contributed by atoms with Gasteiger partial charge in [0.1, 0.15) is 0 Å². The molecule has 2 aliphatic heterocycles. The molecule has 0 bridgehead atoms. The Balaban J connectivity index is 0.000000569. The van der Waals surface area contributed by atoms with Crippen molar-refractivity contribution in [3.8, 4) is 11.5 Å². The summed E-state index contributed by atoms with van der Waals surface area (Å²) in [5.74, 6) is -0.810. The van der Waals surface area contributed by atoms with Crippen LogP contribution in [0.2, 0.25) is 0 Å². The molecule has 1 atom stereocenters. The lowest BCUT2D eigenvalue weighted by atomic mass is 9.92. The molecule has 0 saturated carbocycles. The molecule has 0 aliphatic carbocycles. The number of piperidine rings is 2. The van der Waals surface area contributed by atoms with Gasteiger partial charge in [-0.2, -0.15) is 0 Å². The van der Waals surface area contributed by atoms with Crippen LogP contribution in [0.3, 0.4) is 0 Å². The number of carboxylic acid groups (broad SMARTS) is 2. The Labute approximate surface area is 195 Å². The van der Waals surface area contributed by atoms with Crippen LogP contribution in [0.25, 0.3) is 0 Å². The molecule has 184 valence electrons. The van der Waals surface area contributed by atoms with Gasteiger partial charge >= 0.3 is 11.9 Å². The molecule has 2 heterocycles. The molecule has 0 spiro atoms. The second-order valence-electron chi connectivity index (χ2n) is 8.61. The molecule has 2 N–H and O–H groups in total. The summed E-state index contributed by atoms with van der Waals surface area (Å²) >= 11 is 0. The molecule has 2 aliphatic rings. The molecule has 1 unspecified atom stereocenters. The van der Waals surface area contributed by atoms with E-state index in [1.54, 1.807) is 7.11 Å². The normalized spacial score (nSPS) is 19.2. The maximum Gasteiger partial charge on any atom is 0.414 e. The number of rotatable bonds is 6. The van der Waals surface area contributed by atoms with Gasteiger partial charge in [0.15, 0.2) is 11.5 Å². The number of methoxy groups -OCH3 is 1. The van der Waals surface area contributed by atoms with Crippen molar-refractivity contribution < 1.29 is 34.1 Å². The molecule has 1 amide bonds. The molecule has 9 heteroatoms. The van der Waals surface area contributed by atoms with E-state index in [4.69, 9.17) is 29.3 Å². The van der Waals surface area contributed by atoms with E-state index in [2.05, 4.69) is 28.9 Å². The molecule has 9 nitrogen and oxygen atoms in total. The summed E-state index contributed by atoms with van der Waals surface area (Å²) in [7, 11) is 1.68. The van der Waals surface area contributed by atoms with Crippen molar-refractivity contribution in [1.29, 1.82) is 0 Å². The smallest absolute Gasteiger partial charge is 0.414 e. The number of benzene rings is 1. The summed E-state index contributed by atoms with van der Waals surface area (Å²) in [6.45, 7) is 9.62. The van der Waals surface area contributed by atoms with Crippen molar-refractivity contribution in [3.05, 3.63) is 23.8 Å². The monoisotopic (exact) mass is 464 g/mol. The summed E-state index contributed by atoms with van der Waals surface area (Å²) in [6, 6.07) is 6.17. The Bertz CT molecular complexity index is 794. The number of aliphatic carboxylic acids is 2. The van der Waals surface area contributed by atoms with Gasteiger partial charge in [-0.1, -0.05) is 13.0 Å². The molecular formula is C24H36N2O7. The Morgan fingerprint density at radius 1 is 1.03 bits per heavy atom. The van der Waals surface area contributed by atoms with Crippen molar-refractivity contribution in [2.45, 2.75) is 46.1 Å². The number of amides is 1. The zero-order chi connectivity index (χ0) is 24.4.